The van der Waals surface area contributed by atoms with E-state index in [9.17, 15) is 0 Å². The van der Waals surface area contributed by atoms with E-state index in [1.807, 2.05) is 57.5 Å². The summed E-state index contributed by atoms with van der Waals surface area (Å²) in [5.74, 6) is 0.920. The Morgan fingerprint density at radius 3 is 0.852 bits per heavy atom. The van der Waals surface area contributed by atoms with Gasteiger partial charge in [-0.05, 0) is 200 Å². The van der Waals surface area contributed by atoms with Crippen LogP contribution in [-0.4, -0.2) is 33.2 Å². The monoisotopic (exact) mass is 1790 g/mol. The van der Waals surface area contributed by atoms with E-state index in [1.54, 1.807) is 0 Å². The number of pyridine rings is 3. The molecule has 12 aromatic heterocycles. The van der Waals surface area contributed by atoms with Crippen LogP contribution in [0.5, 0.6) is 0 Å². The first kappa shape index (κ1) is 77.1. The summed E-state index contributed by atoms with van der Waals surface area (Å²) < 4.78 is 26.2. The molecule has 0 aliphatic rings. The van der Waals surface area contributed by atoms with Crippen LogP contribution in [0.2, 0.25) is 0 Å². The van der Waals surface area contributed by atoms with Crippen LogP contribution in [0.3, 0.4) is 0 Å². The molecule has 12 heteroatoms. The van der Waals surface area contributed by atoms with E-state index in [4.69, 9.17) is 19.4 Å². The SMILES string of the molecule is c1cc(-c2ccc3c(c2)c2ccccc2n3-c2cccc3sc4ccccc4c23)nc(-n2c3ccccc3c3ccccc32)c1.c1cc(-c2ccc3oc4ccccc4c3c2)nc(-c2ccc3c(c2)c2ccccc2n3-c2cccc3sc4ccccc4c23)c1.c1cc(-c2ccc3sc4ccccc4c3c2)nc(-c2ccc3c(c2)c2ccccc2n3-c2cccc3sc4ccccc4c23)c1. The van der Waals surface area contributed by atoms with Crippen LogP contribution in [0.4, 0.5) is 0 Å². The zero-order valence-electron chi connectivity index (χ0n) is 72.3. The van der Waals surface area contributed by atoms with E-state index in [1.165, 1.54) is 174 Å². The van der Waals surface area contributed by atoms with Gasteiger partial charge in [0.2, 0.25) is 0 Å². The van der Waals surface area contributed by atoms with Gasteiger partial charge in [-0.15, -0.1) is 45.3 Å². The molecule has 135 heavy (non-hydrogen) atoms. The van der Waals surface area contributed by atoms with E-state index < -0.39 is 0 Å². The van der Waals surface area contributed by atoms with E-state index in [0.717, 1.165) is 95.1 Å². The van der Waals surface area contributed by atoms with E-state index >= 15 is 0 Å². The van der Waals surface area contributed by atoms with Crippen LogP contribution in [-0.2, 0) is 0 Å². The quantitative estimate of drug-likeness (QED) is 0.144. The zero-order valence-corrected chi connectivity index (χ0v) is 75.6. The fourth-order valence-electron chi connectivity index (χ4n) is 21.2. The summed E-state index contributed by atoms with van der Waals surface area (Å²) in [5.41, 5.74) is 25.4. The summed E-state index contributed by atoms with van der Waals surface area (Å²) in [5, 5.41) is 22.6. The molecule has 0 N–H and O–H groups in total. The lowest BCUT2D eigenvalue weighted by molar-refractivity contribution is 0.669. The van der Waals surface area contributed by atoms with Gasteiger partial charge in [0, 0.05) is 162 Å². The number of benzene rings is 18. The Labute approximate surface area is 788 Å². The van der Waals surface area contributed by atoms with Gasteiger partial charge in [-0.1, -0.05) is 243 Å². The minimum Gasteiger partial charge on any atom is -0.456 e. The molecule has 0 saturated carbocycles. The van der Waals surface area contributed by atoms with E-state index in [0.29, 0.717) is 0 Å². The minimum absolute atomic E-state index is 0.893. The molecule has 0 spiro atoms. The van der Waals surface area contributed by atoms with Crippen molar-refractivity contribution in [2.24, 2.45) is 0 Å². The van der Waals surface area contributed by atoms with Crippen LogP contribution in [0.25, 0.3) is 269 Å². The number of rotatable bonds is 9. The Hall–Kier alpha value is -16.7. The second kappa shape index (κ2) is 31.0. The second-order valence-electron chi connectivity index (χ2n) is 34.7. The Bertz CT molecular complexity index is 9730. The lowest BCUT2D eigenvalue weighted by Crippen LogP contribution is -1.98. The number of nitrogens with zero attached hydrogens (tertiary/aromatic N) is 7. The summed E-state index contributed by atoms with van der Waals surface area (Å²) in [6.07, 6.45) is 0. The molecule has 0 unspecified atom stereocenters. The molecule has 0 amide bonds. The fourth-order valence-corrected chi connectivity index (χ4v) is 25.6. The lowest BCUT2D eigenvalue weighted by Gasteiger charge is -2.11. The fraction of sp³-hybridized carbons (Fsp3) is 0. The molecule has 30 rings (SSSR count). The smallest absolute Gasteiger partial charge is 0.138 e. The molecule has 0 atom stereocenters. The highest BCUT2D eigenvalue weighted by molar-refractivity contribution is 7.27. The van der Waals surface area contributed by atoms with Gasteiger partial charge in [0.05, 0.1) is 89.7 Å². The topological polar surface area (TPSA) is 71.5 Å². The number of thiophene rings is 4. The van der Waals surface area contributed by atoms with Crippen molar-refractivity contribution in [3.63, 3.8) is 0 Å². The summed E-state index contributed by atoms with van der Waals surface area (Å²) >= 11 is 7.43. The number of aromatic nitrogens is 7. The van der Waals surface area contributed by atoms with Gasteiger partial charge >= 0.3 is 0 Å². The molecule has 0 aliphatic heterocycles. The van der Waals surface area contributed by atoms with Gasteiger partial charge in [-0.2, -0.15) is 0 Å². The number of hydrogen-bond donors (Lipinski definition) is 0. The van der Waals surface area contributed by atoms with Crippen molar-refractivity contribution in [3.8, 4) is 79.2 Å². The second-order valence-corrected chi connectivity index (χ2v) is 39.0. The maximum atomic E-state index is 6.06. The lowest BCUT2D eigenvalue weighted by atomic mass is 10.0. The average Bonchev–Trinajstić information content (AvgIpc) is 1.58. The normalized spacial score (nSPS) is 12.0. The third-order valence-electron chi connectivity index (χ3n) is 27.2. The van der Waals surface area contributed by atoms with Crippen molar-refractivity contribution < 1.29 is 4.42 Å². The van der Waals surface area contributed by atoms with Gasteiger partial charge in [-0.25, -0.2) is 15.0 Å². The van der Waals surface area contributed by atoms with Crippen molar-refractivity contribution in [2.75, 3.05) is 0 Å². The van der Waals surface area contributed by atoms with Crippen molar-refractivity contribution in [2.45, 2.75) is 0 Å². The van der Waals surface area contributed by atoms with Crippen LogP contribution in [0.1, 0.15) is 0 Å². The van der Waals surface area contributed by atoms with Gasteiger partial charge in [0.15, 0.2) is 0 Å². The third-order valence-corrected chi connectivity index (χ3v) is 31.7. The summed E-state index contributed by atoms with van der Waals surface area (Å²) in [4.78, 5) is 15.6. The average molecular weight is 1790 g/mol. The van der Waals surface area contributed by atoms with Crippen molar-refractivity contribution in [1.29, 1.82) is 0 Å². The maximum absolute atomic E-state index is 6.06. The first-order valence-electron chi connectivity index (χ1n) is 45.5. The summed E-state index contributed by atoms with van der Waals surface area (Å²) in [6.45, 7) is 0. The molecule has 8 nitrogen and oxygen atoms in total. The highest BCUT2D eigenvalue weighted by Gasteiger charge is 2.25. The Balaban J connectivity index is 0.000000101. The number of para-hydroxylation sites is 6. The van der Waals surface area contributed by atoms with Gasteiger partial charge < -0.3 is 18.1 Å². The van der Waals surface area contributed by atoms with Crippen LogP contribution >= 0.6 is 45.3 Å². The van der Waals surface area contributed by atoms with Gasteiger partial charge in [0.1, 0.15) is 17.0 Å². The number of fused-ring (bicyclic) bond motifs is 27. The predicted octanol–water partition coefficient (Wildman–Crippen LogP) is 35.3. The molecular formula is C123H73N7OS4. The highest BCUT2D eigenvalue weighted by atomic mass is 32.1. The van der Waals surface area contributed by atoms with Crippen molar-refractivity contribution in [1.82, 2.24) is 33.2 Å². The highest BCUT2D eigenvalue weighted by Crippen LogP contribution is 2.48. The standard InChI is InChI=1S/C41H25N3S.C41H24N2OS.C41H24N2S2/c1-6-17-34-27(11-1)28-12-2-7-18-35(28)44(34)40-22-9-15-32(42-40)26-23-24-36-31(25-26)29-13-3-5-16-33(29)43(36)37-19-10-21-39-41(37)30-14-4-8-20-38(30)45-39;1-4-14-34-27(9-1)30-23-25(19-21-35(30)43(34)36-15-8-18-40-41(36)29-11-3-6-17-39(29)45-40)32-12-7-13-33(42-32)26-20-22-38-31(24-26)28-10-2-5-16-37(28)44-38;1-4-14-34-27(9-1)30-23-25(19-21-35(30)43(34)36-15-8-18-40-41(36)29-11-3-6-17-38(29)45-40)32-12-7-13-33(42-32)26-20-22-39-31(24-26)28-10-2-5-16-37(28)44-39/h1-25H;2*1-24H. The minimum atomic E-state index is 0.893. The number of furan rings is 1. The molecule has 630 valence electrons. The number of hydrogen-bond acceptors (Lipinski definition) is 8. The largest absolute Gasteiger partial charge is 0.456 e. The zero-order chi connectivity index (χ0) is 88.5. The maximum Gasteiger partial charge on any atom is 0.138 e. The molecule has 30 aromatic rings. The molecular weight excluding hydrogens is 1720 g/mol. The third kappa shape index (κ3) is 12.4. The predicted molar refractivity (Wildman–Crippen MR) is 576 cm³/mol. The van der Waals surface area contributed by atoms with E-state index in [-0.39, 0.29) is 0 Å². The van der Waals surface area contributed by atoms with Gasteiger partial charge in [-0.3, -0.25) is 4.57 Å². The molecule has 0 radical (unpaired) electrons. The first-order chi connectivity index (χ1) is 66.9. The molecule has 0 fully saturated rings. The molecule has 0 aliphatic carbocycles. The Morgan fingerprint density at radius 1 is 0.163 bits per heavy atom. The molecule has 12 heterocycles. The van der Waals surface area contributed by atoms with Crippen molar-refractivity contribution in [3.05, 3.63) is 443 Å². The Kier molecular flexibility index (Phi) is 17.7. The summed E-state index contributed by atoms with van der Waals surface area (Å²) in [7, 11) is 0. The molecule has 18 aromatic carbocycles. The van der Waals surface area contributed by atoms with Crippen molar-refractivity contribution >= 4 is 235 Å². The van der Waals surface area contributed by atoms with Crippen LogP contribution in [0, 0.1) is 0 Å². The summed E-state index contributed by atoms with van der Waals surface area (Å²) in [6, 6.07) is 159. The van der Waals surface area contributed by atoms with Crippen LogP contribution < -0.4 is 0 Å². The van der Waals surface area contributed by atoms with Crippen LogP contribution in [0.15, 0.2) is 447 Å². The van der Waals surface area contributed by atoms with E-state index in [2.05, 4.69) is 449 Å². The van der Waals surface area contributed by atoms with Gasteiger partial charge in [0.25, 0.3) is 0 Å². The molecule has 0 saturated heterocycles. The molecule has 0 bridgehead atoms. The Morgan fingerprint density at radius 2 is 0.430 bits per heavy atom. The first-order valence-corrected chi connectivity index (χ1v) is 48.8.